The fourth-order valence-electron chi connectivity index (χ4n) is 3.05. The monoisotopic (exact) mass is 351 g/mol. The van der Waals surface area contributed by atoms with Gasteiger partial charge in [0.25, 0.3) is 0 Å². The van der Waals surface area contributed by atoms with Gasteiger partial charge < -0.3 is 14.8 Å². The van der Waals surface area contributed by atoms with Crippen LogP contribution in [0.5, 0.6) is 11.6 Å². The lowest BCUT2D eigenvalue weighted by molar-refractivity contribution is 0.0657. The Morgan fingerprint density at radius 3 is 2.77 bits per heavy atom. The highest BCUT2D eigenvalue weighted by atomic mass is 16.5. The summed E-state index contributed by atoms with van der Waals surface area (Å²) >= 11 is 0. The molecule has 0 saturated carbocycles. The van der Waals surface area contributed by atoms with Crippen LogP contribution in [0.2, 0.25) is 0 Å². The first-order chi connectivity index (χ1) is 12.8. The van der Waals surface area contributed by atoms with E-state index in [1.807, 2.05) is 36.5 Å². The van der Waals surface area contributed by atoms with Gasteiger partial charge in [0, 0.05) is 19.3 Å². The zero-order chi connectivity index (χ0) is 17.8. The molecule has 7 heteroatoms. The van der Waals surface area contributed by atoms with Gasteiger partial charge in [-0.25, -0.2) is 9.97 Å². The summed E-state index contributed by atoms with van der Waals surface area (Å²) in [6.07, 6.45) is 5.30. The van der Waals surface area contributed by atoms with Crippen molar-refractivity contribution in [3.8, 4) is 11.6 Å². The number of ether oxygens (including phenoxy) is 2. The Morgan fingerprint density at radius 1 is 1.15 bits per heavy atom. The normalized spacial score (nSPS) is 15.0. The van der Waals surface area contributed by atoms with E-state index in [-0.39, 0.29) is 0 Å². The summed E-state index contributed by atoms with van der Waals surface area (Å²) in [6, 6.07) is 11.7. The summed E-state index contributed by atoms with van der Waals surface area (Å²) in [5, 5.41) is 7.86. The maximum Gasteiger partial charge on any atom is 0.224 e. The molecule has 2 aromatic heterocycles. The average molecular weight is 351 g/mol. The van der Waals surface area contributed by atoms with E-state index in [2.05, 4.69) is 32.0 Å². The number of benzene rings is 1. The van der Waals surface area contributed by atoms with Gasteiger partial charge >= 0.3 is 0 Å². The molecule has 0 atom stereocenters. The minimum absolute atomic E-state index is 0.390. The van der Waals surface area contributed by atoms with Crippen molar-refractivity contribution < 1.29 is 9.47 Å². The van der Waals surface area contributed by atoms with Crippen LogP contribution in [0.4, 0.5) is 11.5 Å². The lowest BCUT2D eigenvalue weighted by atomic mass is 10.1. The second kappa shape index (κ2) is 7.53. The highest BCUT2D eigenvalue weighted by molar-refractivity contribution is 5.58. The highest BCUT2D eigenvalue weighted by Crippen LogP contribution is 2.27. The summed E-state index contributed by atoms with van der Waals surface area (Å²) in [4.78, 5) is 8.45. The number of hydrogen-bond acceptors (Lipinski definition) is 6. The lowest BCUT2D eigenvalue weighted by Crippen LogP contribution is -2.21. The van der Waals surface area contributed by atoms with Crippen LogP contribution in [0.1, 0.15) is 24.6 Å². The predicted molar refractivity (Wildman–Crippen MR) is 97.9 cm³/mol. The minimum Gasteiger partial charge on any atom is -0.439 e. The van der Waals surface area contributed by atoms with Crippen molar-refractivity contribution >= 4 is 11.5 Å². The summed E-state index contributed by atoms with van der Waals surface area (Å²) in [5.41, 5.74) is 2.02. The zero-order valence-corrected chi connectivity index (χ0v) is 14.6. The second-order valence-corrected chi connectivity index (χ2v) is 6.21. The molecule has 1 saturated heterocycles. The number of hydrogen-bond donors (Lipinski definition) is 1. The van der Waals surface area contributed by atoms with Crippen molar-refractivity contribution in [2.45, 2.75) is 25.8 Å². The number of nitrogens with zero attached hydrogens (tertiary/aromatic N) is 4. The van der Waals surface area contributed by atoms with Gasteiger partial charge in [-0.05, 0) is 31.9 Å². The molecule has 1 aromatic carbocycles. The molecule has 3 aromatic rings. The molecular formula is C19H21N5O2. The third kappa shape index (κ3) is 3.67. The molecular weight excluding hydrogens is 330 g/mol. The lowest BCUT2D eigenvalue weighted by Gasteiger charge is -2.23. The molecule has 4 rings (SSSR count). The van der Waals surface area contributed by atoms with Crippen LogP contribution in [-0.2, 0) is 4.74 Å². The van der Waals surface area contributed by atoms with Gasteiger partial charge in [-0.1, -0.05) is 18.2 Å². The van der Waals surface area contributed by atoms with Crippen LogP contribution in [0.3, 0.4) is 0 Å². The molecule has 1 aliphatic rings. The first-order valence-electron chi connectivity index (χ1n) is 8.73. The van der Waals surface area contributed by atoms with E-state index in [0.717, 1.165) is 43.2 Å². The van der Waals surface area contributed by atoms with E-state index in [1.54, 1.807) is 6.07 Å². The molecule has 3 heterocycles. The Bertz CT molecular complexity index is 859. The Kier molecular flexibility index (Phi) is 4.79. The van der Waals surface area contributed by atoms with E-state index in [4.69, 9.17) is 9.47 Å². The van der Waals surface area contributed by atoms with Gasteiger partial charge in [0.15, 0.2) is 0 Å². The molecule has 26 heavy (non-hydrogen) atoms. The molecule has 0 spiro atoms. The van der Waals surface area contributed by atoms with Crippen molar-refractivity contribution in [1.82, 2.24) is 19.7 Å². The topological polar surface area (TPSA) is 74.1 Å². The maximum atomic E-state index is 5.76. The fraction of sp³-hybridized carbons (Fsp3) is 0.316. The number of aromatic nitrogens is 4. The Hall–Kier alpha value is -2.93. The van der Waals surface area contributed by atoms with E-state index in [9.17, 15) is 0 Å². The molecule has 7 nitrogen and oxygen atoms in total. The van der Waals surface area contributed by atoms with Crippen LogP contribution >= 0.6 is 0 Å². The molecule has 1 N–H and O–H groups in total. The van der Waals surface area contributed by atoms with Gasteiger partial charge in [-0.15, -0.1) is 0 Å². The van der Waals surface area contributed by atoms with Gasteiger partial charge in [0.2, 0.25) is 5.88 Å². The van der Waals surface area contributed by atoms with Crippen LogP contribution in [-0.4, -0.2) is 33.0 Å². The molecule has 0 radical (unpaired) electrons. The van der Waals surface area contributed by atoms with E-state index < -0.39 is 0 Å². The quantitative estimate of drug-likeness (QED) is 0.752. The Labute approximate surface area is 152 Å². The molecule has 0 aliphatic carbocycles. The van der Waals surface area contributed by atoms with Crippen LogP contribution in [0.15, 0.2) is 48.9 Å². The third-order valence-corrected chi connectivity index (χ3v) is 4.45. The summed E-state index contributed by atoms with van der Waals surface area (Å²) in [5.74, 6) is 1.89. The first kappa shape index (κ1) is 16.5. The Balaban J connectivity index is 1.49. The maximum absolute atomic E-state index is 5.76. The number of nitrogens with one attached hydrogen (secondary N) is 1. The molecule has 0 bridgehead atoms. The molecule has 0 amide bonds. The van der Waals surface area contributed by atoms with Crippen LogP contribution in [0, 0.1) is 6.92 Å². The standard InChI is InChI=1S/C19H21N5O2/c1-14-17(12-22-24(14)15-7-9-25-10-8-15)23-18-11-19(21-13-20-18)26-16-5-3-2-4-6-16/h2-6,11-13,15H,7-10H2,1H3,(H,20,21,23). The number of para-hydroxylation sites is 1. The zero-order valence-electron chi connectivity index (χ0n) is 14.6. The summed E-state index contributed by atoms with van der Waals surface area (Å²) < 4.78 is 13.3. The SMILES string of the molecule is Cc1c(Nc2cc(Oc3ccccc3)ncn2)cnn1C1CCOCC1. The minimum atomic E-state index is 0.390. The number of anilines is 2. The van der Waals surface area contributed by atoms with Gasteiger partial charge in [-0.3, -0.25) is 4.68 Å². The van der Waals surface area contributed by atoms with Crippen LogP contribution < -0.4 is 10.1 Å². The molecule has 134 valence electrons. The second-order valence-electron chi connectivity index (χ2n) is 6.21. The van der Waals surface area contributed by atoms with E-state index >= 15 is 0 Å². The largest absolute Gasteiger partial charge is 0.439 e. The van der Waals surface area contributed by atoms with Gasteiger partial charge in [-0.2, -0.15) is 5.10 Å². The van der Waals surface area contributed by atoms with E-state index in [1.165, 1.54) is 6.33 Å². The summed E-state index contributed by atoms with van der Waals surface area (Å²) in [7, 11) is 0. The van der Waals surface area contributed by atoms with Crippen molar-refractivity contribution in [3.05, 3.63) is 54.6 Å². The van der Waals surface area contributed by atoms with Crippen molar-refractivity contribution in [3.63, 3.8) is 0 Å². The molecule has 1 fully saturated rings. The Morgan fingerprint density at radius 2 is 1.96 bits per heavy atom. The predicted octanol–water partition coefficient (Wildman–Crippen LogP) is 3.87. The third-order valence-electron chi connectivity index (χ3n) is 4.45. The van der Waals surface area contributed by atoms with Crippen molar-refractivity contribution in [2.24, 2.45) is 0 Å². The number of rotatable bonds is 5. The summed E-state index contributed by atoms with van der Waals surface area (Å²) in [6.45, 7) is 3.64. The highest BCUT2D eigenvalue weighted by Gasteiger charge is 2.19. The average Bonchev–Trinajstić information content (AvgIpc) is 3.04. The fourth-order valence-corrected chi connectivity index (χ4v) is 3.05. The van der Waals surface area contributed by atoms with E-state index in [0.29, 0.717) is 17.7 Å². The molecule has 1 aliphatic heterocycles. The first-order valence-corrected chi connectivity index (χ1v) is 8.73. The van der Waals surface area contributed by atoms with Gasteiger partial charge in [0.05, 0.1) is 23.6 Å². The smallest absolute Gasteiger partial charge is 0.224 e. The molecule has 0 unspecified atom stereocenters. The van der Waals surface area contributed by atoms with Crippen molar-refractivity contribution in [1.29, 1.82) is 0 Å². The van der Waals surface area contributed by atoms with Gasteiger partial charge in [0.1, 0.15) is 17.9 Å². The van der Waals surface area contributed by atoms with Crippen LogP contribution in [0.25, 0.3) is 0 Å². The van der Waals surface area contributed by atoms with Crippen molar-refractivity contribution in [2.75, 3.05) is 18.5 Å².